The molecule has 2 heterocycles. The molecule has 0 aliphatic carbocycles. The fourth-order valence-corrected chi connectivity index (χ4v) is 8.73. The molecule has 0 fully saturated rings. The van der Waals surface area contributed by atoms with Gasteiger partial charge in [-0.15, -0.1) is 0 Å². The lowest BCUT2D eigenvalue weighted by atomic mass is 9.86. The van der Waals surface area contributed by atoms with Crippen molar-refractivity contribution < 1.29 is 0 Å². The summed E-state index contributed by atoms with van der Waals surface area (Å²) in [5, 5.41) is 9.81. The van der Waals surface area contributed by atoms with Crippen molar-refractivity contribution in [2.24, 2.45) is 0 Å². The molecular weight excluding hydrogens is 665 g/mol. The average molecular weight is 699 g/mol. The van der Waals surface area contributed by atoms with E-state index >= 15 is 0 Å². The van der Waals surface area contributed by atoms with Crippen molar-refractivity contribution in [3.05, 3.63) is 206 Å². The molecular formula is C53H34N2. The summed E-state index contributed by atoms with van der Waals surface area (Å²) in [4.78, 5) is 5.25. The minimum absolute atomic E-state index is 0.957. The third-order valence-corrected chi connectivity index (χ3v) is 11.2. The Morgan fingerprint density at radius 3 is 1.51 bits per heavy atom. The molecule has 0 saturated heterocycles. The van der Waals surface area contributed by atoms with E-state index in [1.165, 1.54) is 81.9 Å². The van der Waals surface area contributed by atoms with E-state index in [4.69, 9.17) is 4.98 Å². The van der Waals surface area contributed by atoms with Crippen LogP contribution in [0.5, 0.6) is 0 Å². The number of para-hydroxylation sites is 1. The van der Waals surface area contributed by atoms with Crippen LogP contribution in [0.4, 0.5) is 0 Å². The maximum absolute atomic E-state index is 5.25. The Morgan fingerprint density at radius 1 is 0.345 bits per heavy atom. The summed E-state index contributed by atoms with van der Waals surface area (Å²) in [5.74, 6) is 0. The van der Waals surface area contributed by atoms with E-state index in [-0.39, 0.29) is 0 Å². The Balaban J connectivity index is 1.08. The number of hydrogen-bond acceptors (Lipinski definition) is 1. The summed E-state index contributed by atoms with van der Waals surface area (Å²) in [7, 11) is 0. The molecule has 256 valence electrons. The second-order valence-electron chi connectivity index (χ2n) is 14.3. The van der Waals surface area contributed by atoms with Gasteiger partial charge in [-0.2, -0.15) is 0 Å². The minimum Gasteiger partial charge on any atom is -0.309 e. The smallest absolute Gasteiger partial charge is 0.0709 e. The van der Waals surface area contributed by atoms with Gasteiger partial charge < -0.3 is 4.57 Å². The zero-order valence-corrected chi connectivity index (χ0v) is 30.0. The molecule has 2 nitrogen and oxygen atoms in total. The van der Waals surface area contributed by atoms with Crippen molar-refractivity contribution in [2.75, 3.05) is 0 Å². The molecule has 0 radical (unpaired) electrons. The van der Waals surface area contributed by atoms with Crippen molar-refractivity contribution >= 4 is 54.1 Å². The van der Waals surface area contributed by atoms with Gasteiger partial charge in [-0.25, -0.2) is 0 Å². The highest BCUT2D eigenvalue weighted by molar-refractivity contribution is 6.22. The highest BCUT2D eigenvalue weighted by atomic mass is 15.0. The van der Waals surface area contributed by atoms with Crippen molar-refractivity contribution in [1.29, 1.82) is 0 Å². The SMILES string of the molecule is c1ccc(-c2ccc(-c3c4ccccc4c(-c4ccc(-c5cccc6c5c5cc7ccccc7cc5n6-c5ccccc5)nc4)c4ccccc34)cc2)cc1. The Labute approximate surface area is 319 Å². The van der Waals surface area contributed by atoms with E-state index < -0.39 is 0 Å². The Kier molecular flexibility index (Phi) is 7.21. The first kappa shape index (κ1) is 31.3. The van der Waals surface area contributed by atoms with Gasteiger partial charge in [0.15, 0.2) is 0 Å². The van der Waals surface area contributed by atoms with Crippen LogP contribution < -0.4 is 0 Å². The maximum Gasteiger partial charge on any atom is 0.0709 e. The molecule has 2 heteroatoms. The fraction of sp³-hybridized carbons (Fsp3) is 0. The van der Waals surface area contributed by atoms with Crippen molar-refractivity contribution in [3.63, 3.8) is 0 Å². The largest absolute Gasteiger partial charge is 0.309 e. The second kappa shape index (κ2) is 12.7. The molecule has 0 saturated carbocycles. The number of fused-ring (bicyclic) bond motifs is 6. The molecule has 11 aromatic rings. The number of benzene rings is 9. The predicted molar refractivity (Wildman–Crippen MR) is 233 cm³/mol. The van der Waals surface area contributed by atoms with Crippen LogP contribution in [0.25, 0.3) is 104 Å². The lowest BCUT2D eigenvalue weighted by molar-refractivity contribution is 1.18. The van der Waals surface area contributed by atoms with Crippen LogP contribution in [-0.2, 0) is 0 Å². The molecule has 0 spiro atoms. The average Bonchev–Trinajstić information content (AvgIpc) is 3.58. The number of hydrogen-bond donors (Lipinski definition) is 0. The first-order valence-corrected chi connectivity index (χ1v) is 18.9. The summed E-state index contributed by atoms with van der Waals surface area (Å²) in [5.41, 5.74) is 12.8. The van der Waals surface area contributed by atoms with E-state index in [0.717, 1.165) is 22.5 Å². The third-order valence-electron chi connectivity index (χ3n) is 11.2. The molecule has 0 aliphatic rings. The summed E-state index contributed by atoms with van der Waals surface area (Å²) in [6.45, 7) is 0. The van der Waals surface area contributed by atoms with E-state index in [2.05, 4.69) is 211 Å². The van der Waals surface area contributed by atoms with Gasteiger partial charge in [0.1, 0.15) is 0 Å². The third kappa shape index (κ3) is 5.07. The standard InChI is InChI=1S/C53H34N2/c1-3-14-35(15-4-1)36-26-28-37(29-27-36)51-42-20-9-11-22-44(42)52(45-23-12-10-21-43(45)51)40-30-31-48(54-34-40)46-24-13-25-49-53(46)47-32-38-16-7-8-17-39(38)33-50(47)55(49)41-18-5-2-6-19-41/h1-34H. The van der Waals surface area contributed by atoms with Gasteiger partial charge >= 0.3 is 0 Å². The lowest BCUT2D eigenvalue weighted by Gasteiger charge is -2.18. The number of pyridine rings is 1. The Morgan fingerprint density at radius 2 is 0.873 bits per heavy atom. The molecule has 55 heavy (non-hydrogen) atoms. The molecule has 9 aromatic carbocycles. The van der Waals surface area contributed by atoms with E-state index in [1.807, 2.05) is 0 Å². The summed E-state index contributed by atoms with van der Waals surface area (Å²) >= 11 is 0. The van der Waals surface area contributed by atoms with Gasteiger partial charge in [-0.05, 0) is 96.5 Å². The molecule has 0 bridgehead atoms. The van der Waals surface area contributed by atoms with Crippen LogP contribution in [0.1, 0.15) is 0 Å². The van der Waals surface area contributed by atoms with E-state index in [1.54, 1.807) is 0 Å². The Hall–Kier alpha value is -7.29. The van der Waals surface area contributed by atoms with Crippen molar-refractivity contribution in [2.45, 2.75) is 0 Å². The number of aromatic nitrogens is 2. The molecule has 0 aliphatic heterocycles. The minimum atomic E-state index is 0.957. The van der Waals surface area contributed by atoms with Gasteiger partial charge in [-0.1, -0.05) is 164 Å². The van der Waals surface area contributed by atoms with Crippen LogP contribution in [0.3, 0.4) is 0 Å². The van der Waals surface area contributed by atoms with Crippen LogP contribution in [0, 0.1) is 0 Å². The lowest BCUT2D eigenvalue weighted by Crippen LogP contribution is -1.93. The van der Waals surface area contributed by atoms with Gasteiger partial charge in [0.05, 0.1) is 16.7 Å². The first-order valence-electron chi connectivity index (χ1n) is 18.9. The van der Waals surface area contributed by atoms with Gasteiger partial charge in [0, 0.05) is 33.8 Å². The highest BCUT2D eigenvalue weighted by Crippen LogP contribution is 2.45. The van der Waals surface area contributed by atoms with Crippen LogP contribution in [0.15, 0.2) is 206 Å². The highest BCUT2D eigenvalue weighted by Gasteiger charge is 2.20. The molecule has 0 N–H and O–H groups in total. The van der Waals surface area contributed by atoms with Gasteiger partial charge in [0.25, 0.3) is 0 Å². The molecule has 11 rings (SSSR count). The monoisotopic (exact) mass is 698 g/mol. The fourth-order valence-electron chi connectivity index (χ4n) is 8.73. The summed E-state index contributed by atoms with van der Waals surface area (Å²) in [6.07, 6.45) is 2.07. The zero-order valence-electron chi connectivity index (χ0n) is 30.0. The van der Waals surface area contributed by atoms with Crippen molar-refractivity contribution in [3.8, 4) is 50.3 Å². The Bertz CT molecular complexity index is 3160. The number of nitrogens with zero attached hydrogens (tertiary/aromatic N) is 2. The summed E-state index contributed by atoms with van der Waals surface area (Å²) in [6, 6.07) is 72.3. The van der Waals surface area contributed by atoms with Crippen molar-refractivity contribution in [1.82, 2.24) is 9.55 Å². The summed E-state index contributed by atoms with van der Waals surface area (Å²) < 4.78 is 2.39. The number of rotatable bonds is 5. The predicted octanol–water partition coefficient (Wildman–Crippen LogP) is 14.3. The molecule has 0 unspecified atom stereocenters. The zero-order chi connectivity index (χ0) is 36.3. The normalized spacial score (nSPS) is 11.6. The van der Waals surface area contributed by atoms with Gasteiger partial charge in [-0.3, -0.25) is 4.98 Å². The molecule has 0 atom stereocenters. The van der Waals surface area contributed by atoms with E-state index in [9.17, 15) is 0 Å². The quantitative estimate of drug-likeness (QED) is 0.164. The first-order chi connectivity index (χ1) is 27.3. The topological polar surface area (TPSA) is 17.8 Å². The van der Waals surface area contributed by atoms with Crippen LogP contribution in [0.2, 0.25) is 0 Å². The molecule has 2 aromatic heterocycles. The molecule has 0 amide bonds. The second-order valence-corrected chi connectivity index (χ2v) is 14.3. The van der Waals surface area contributed by atoms with Gasteiger partial charge in [0.2, 0.25) is 0 Å². The van der Waals surface area contributed by atoms with Crippen LogP contribution >= 0.6 is 0 Å². The van der Waals surface area contributed by atoms with Crippen LogP contribution in [-0.4, -0.2) is 9.55 Å². The van der Waals surface area contributed by atoms with E-state index in [0.29, 0.717) is 0 Å². The maximum atomic E-state index is 5.25.